The second kappa shape index (κ2) is 13.3. The third-order valence-electron chi connectivity index (χ3n) is 5.37. The molecule has 0 atom stereocenters. The molecule has 31 heavy (non-hydrogen) atoms. The van der Waals surface area contributed by atoms with Gasteiger partial charge in [-0.15, -0.1) is 24.0 Å². The maximum absolute atomic E-state index is 12.5. The van der Waals surface area contributed by atoms with Gasteiger partial charge in [0.25, 0.3) is 0 Å². The summed E-state index contributed by atoms with van der Waals surface area (Å²) in [5.74, 6) is 1.84. The van der Waals surface area contributed by atoms with Crippen LogP contribution >= 0.6 is 35.6 Å². The number of aliphatic imine (C=N–C) groups is 1. The number of amides is 1. The average Bonchev–Trinajstić information content (AvgIpc) is 2.77. The van der Waals surface area contributed by atoms with Crippen molar-refractivity contribution < 1.29 is 14.3 Å². The fraction of sp³-hybridized carbons (Fsp3) is 0.619. The Morgan fingerprint density at radius 1 is 1.16 bits per heavy atom. The summed E-state index contributed by atoms with van der Waals surface area (Å²) >= 11 is 6.09. The molecule has 2 aliphatic rings. The number of hydrogen-bond donors (Lipinski definition) is 1. The number of ether oxygens (including phenoxy) is 2. The van der Waals surface area contributed by atoms with Crippen molar-refractivity contribution in [1.82, 2.24) is 20.0 Å². The van der Waals surface area contributed by atoms with Gasteiger partial charge >= 0.3 is 0 Å². The molecule has 10 heteroatoms. The molecule has 1 N–H and O–H groups in total. The van der Waals surface area contributed by atoms with Gasteiger partial charge < -0.3 is 24.6 Å². The molecule has 0 aliphatic carbocycles. The lowest BCUT2D eigenvalue weighted by molar-refractivity contribution is -0.136. The molecule has 3 rings (SSSR count). The van der Waals surface area contributed by atoms with Crippen molar-refractivity contribution in [3.8, 4) is 5.75 Å². The Bertz CT molecular complexity index is 738. The third kappa shape index (κ3) is 7.65. The molecule has 0 bridgehead atoms. The van der Waals surface area contributed by atoms with Crippen molar-refractivity contribution >= 4 is 47.4 Å². The van der Waals surface area contributed by atoms with Gasteiger partial charge in [0.05, 0.1) is 26.4 Å². The summed E-state index contributed by atoms with van der Waals surface area (Å²) in [6, 6.07) is 5.69. The number of nitrogens with zero attached hydrogens (tertiary/aromatic N) is 4. The van der Waals surface area contributed by atoms with Gasteiger partial charge in [-0.1, -0.05) is 17.7 Å². The highest BCUT2D eigenvalue weighted by atomic mass is 127. The van der Waals surface area contributed by atoms with Crippen LogP contribution in [0.1, 0.15) is 12.5 Å². The SMILES string of the molecule is CCOc1cc(Cl)ccc1CNC(=NC)N1CCN(CC(=O)N2CCOCC2)CC1.I. The second-order valence-corrected chi connectivity index (χ2v) is 7.78. The van der Waals surface area contributed by atoms with Crippen LogP contribution in [0.15, 0.2) is 23.2 Å². The fourth-order valence-electron chi connectivity index (χ4n) is 3.69. The van der Waals surface area contributed by atoms with E-state index < -0.39 is 0 Å². The Morgan fingerprint density at radius 2 is 1.87 bits per heavy atom. The summed E-state index contributed by atoms with van der Waals surface area (Å²) in [6.07, 6.45) is 0. The highest BCUT2D eigenvalue weighted by Gasteiger charge is 2.24. The minimum absolute atomic E-state index is 0. The number of benzene rings is 1. The molecule has 2 heterocycles. The van der Waals surface area contributed by atoms with Gasteiger partial charge in [-0.3, -0.25) is 14.7 Å². The molecular formula is C21H33ClIN5O3. The van der Waals surface area contributed by atoms with Gasteiger partial charge in [-0.25, -0.2) is 0 Å². The highest BCUT2D eigenvalue weighted by molar-refractivity contribution is 14.0. The topological polar surface area (TPSA) is 69.6 Å². The maximum atomic E-state index is 12.5. The lowest BCUT2D eigenvalue weighted by atomic mass is 10.2. The van der Waals surface area contributed by atoms with Crippen LogP contribution in [-0.2, 0) is 16.1 Å². The van der Waals surface area contributed by atoms with Crippen molar-refractivity contribution in [2.24, 2.45) is 4.99 Å². The van der Waals surface area contributed by atoms with Crippen molar-refractivity contribution in [1.29, 1.82) is 0 Å². The number of rotatable bonds is 6. The zero-order valence-corrected chi connectivity index (χ0v) is 21.4. The monoisotopic (exact) mass is 565 g/mol. The summed E-state index contributed by atoms with van der Waals surface area (Å²) in [4.78, 5) is 23.2. The third-order valence-corrected chi connectivity index (χ3v) is 5.61. The highest BCUT2D eigenvalue weighted by Crippen LogP contribution is 2.23. The van der Waals surface area contributed by atoms with Crippen LogP contribution in [0.5, 0.6) is 5.75 Å². The summed E-state index contributed by atoms with van der Waals surface area (Å²) in [5.41, 5.74) is 1.04. The van der Waals surface area contributed by atoms with E-state index in [1.807, 2.05) is 30.0 Å². The van der Waals surface area contributed by atoms with Crippen LogP contribution in [0.3, 0.4) is 0 Å². The van der Waals surface area contributed by atoms with Gasteiger partial charge in [0.1, 0.15) is 5.75 Å². The minimum Gasteiger partial charge on any atom is -0.493 e. The number of morpholine rings is 1. The first-order valence-corrected chi connectivity index (χ1v) is 10.9. The number of carbonyl (C=O) groups is 1. The Labute approximate surface area is 206 Å². The molecule has 2 aliphatic heterocycles. The Morgan fingerprint density at radius 3 is 2.52 bits per heavy atom. The lowest BCUT2D eigenvalue weighted by Crippen LogP contribution is -2.54. The van der Waals surface area contributed by atoms with Gasteiger partial charge in [0.2, 0.25) is 5.91 Å². The van der Waals surface area contributed by atoms with E-state index in [0.717, 1.165) is 43.5 Å². The molecule has 0 unspecified atom stereocenters. The molecule has 1 amide bonds. The van der Waals surface area contributed by atoms with Gasteiger partial charge in [-0.2, -0.15) is 0 Å². The van der Waals surface area contributed by atoms with Crippen LogP contribution in [0.25, 0.3) is 0 Å². The first-order chi connectivity index (χ1) is 14.6. The molecule has 174 valence electrons. The minimum atomic E-state index is 0. The van der Waals surface area contributed by atoms with Crippen LogP contribution in [0.4, 0.5) is 0 Å². The summed E-state index contributed by atoms with van der Waals surface area (Å²) in [5, 5.41) is 4.09. The quantitative estimate of drug-likeness (QED) is 0.323. The number of carbonyl (C=O) groups excluding carboxylic acids is 1. The average molecular weight is 566 g/mol. The first-order valence-electron chi connectivity index (χ1n) is 10.6. The molecule has 0 aromatic heterocycles. The van der Waals surface area contributed by atoms with Crippen molar-refractivity contribution in [3.63, 3.8) is 0 Å². The Balaban J connectivity index is 0.00000341. The molecular weight excluding hydrogens is 533 g/mol. The molecule has 1 aromatic carbocycles. The van der Waals surface area contributed by atoms with Crippen molar-refractivity contribution in [2.45, 2.75) is 13.5 Å². The molecule has 8 nitrogen and oxygen atoms in total. The van der Waals surface area contributed by atoms with E-state index in [4.69, 9.17) is 21.1 Å². The largest absolute Gasteiger partial charge is 0.493 e. The number of nitrogens with one attached hydrogen (secondary N) is 1. The lowest BCUT2D eigenvalue weighted by Gasteiger charge is -2.37. The molecule has 1 aromatic rings. The molecule has 0 spiro atoms. The van der Waals surface area contributed by atoms with E-state index >= 15 is 0 Å². The van der Waals surface area contributed by atoms with E-state index in [1.165, 1.54) is 0 Å². The standard InChI is InChI=1S/C21H32ClN5O3.HI/c1-3-30-19-14-18(22)5-4-17(19)15-24-21(23-2)27-8-6-25(7-9-27)16-20(28)26-10-12-29-13-11-26;/h4-5,14H,3,6-13,15-16H2,1-2H3,(H,23,24);1H. The zero-order valence-electron chi connectivity index (χ0n) is 18.3. The zero-order chi connectivity index (χ0) is 21.3. The van der Waals surface area contributed by atoms with E-state index in [0.29, 0.717) is 51.0 Å². The predicted octanol–water partition coefficient (Wildman–Crippen LogP) is 1.91. The molecule has 0 radical (unpaired) electrons. The number of hydrogen-bond acceptors (Lipinski definition) is 5. The van der Waals surface area contributed by atoms with Crippen LogP contribution in [-0.4, -0.2) is 99.2 Å². The molecule has 0 saturated carbocycles. The molecule has 2 saturated heterocycles. The van der Waals surface area contributed by atoms with Crippen molar-refractivity contribution in [3.05, 3.63) is 28.8 Å². The summed E-state index contributed by atoms with van der Waals surface area (Å²) < 4.78 is 11.0. The van der Waals surface area contributed by atoms with E-state index in [2.05, 4.69) is 20.1 Å². The number of halogens is 2. The maximum Gasteiger partial charge on any atom is 0.236 e. The second-order valence-electron chi connectivity index (χ2n) is 7.34. The van der Waals surface area contributed by atoms with Crippen LogP contribution < -0.4 is 10.1 Å². The van der Waals surface area contributed by atoms with Crippen LogP contribution in [0.2, 0.25) is 5.02 Å². The smallest absolute Gasteiger partial charge is 0.236 e. The summed E-state index contributed by atoms with van der Waals surface area (Å²) in [6.45, 7) is 9.63. The van der Waals surface area contributed by atoms with Gasteiger partial charge in [0.15, 0.2) is 5.96 Å². The first kappa shape index (κ1) is 26.0. The van der Waals surface area contributed by atoms with Crippen LogP contribution in [0, 0.1) is 0 Å². The number of guanidine groups is 1. The fourth-order valence-corrected chi connectivity index (χ4v) is 3.85. The van der Waals surface area contributed by atoms with Crippen molar-refractivity contribution in [2.75, 3.05) is 72.7 Å². The molecule has 2 fully saturated rings. The van der Waals surface area contributed by atoms with Gasteiger partial charge in [-0.05, 0) is 19.1 Å². The summed E-state index contributed by atoms with van der Waals surface area (Å²) in [7, 11) is 1.79. The van der Waals surface area contributed by atoms with Gasteiger partial charge in [0, 0.05) is 63.4 Å². The van der Waals surface area contributed by atoms with E-state index in [-0.39, 0.29) is 29.9 Å². The number of piperazine rings is 1. The van der Waals surface area contributed by atoms with E-state index in [1.54, 1.807) is 7.05 Å². The van der Waals surface area contributed by atoms with E-state index in [9.17, 15) is 4.79 Å². The predicted molar refractivity (Wildman–Crippen MR) is 134 cm³/mol. The Kier molecular flexibility index (Phi) is 11.1. The Hall–Kier alpha value is -1.30. The normalized spacial score (nSPS) is 17.8.